The monoisotopic (exact) mass is 324 g/mol. The van der Waals surface area contributed by atoms with Gasteiger partial charge in [0.15, 0.2) is 0 Å². The van der Waals surface area contributed by atoms with Gasteiger partial charge in [-0.25, -0.2) is 9.67 Å². The molecule has 3 rings (SSSR count). The summed E-state index contributed by atoms with van der Waals surface area (Å²) < 4.78 is 1.63. The zero-order valence-electron chi connectivity index (χ0n) is 12.4. The van der Waals surface area contributed by atoms with Crippen LogP contribution in [0.15, 0.2) is 42.6 Å². The summed E-state index contributed by atoms with van der Waals surface area (Å²) in [6.07, 6.45) is 1.80. The van der Waals surface area contributed by atoms with Crippen LogP contribution in [0.1, 0.15) is 17.0 Å². The van der Waals surface area contributed by atoms with Gasteiger partial charge in [-0.15, -0.1) is 5.10 Å². The number of halogens is 1. The van der Waals surface area contributed by atoms with Gasteiger partial charge in [-0.3, -0.25) is 0 Å². The lowest BCUT2D eigenvalue weighted by Gasteiger charge is -2.05. The number of nitrogens with one attached hydrogen (secondary N) is 1. The van der Waals surface area contributed by atoms with Crippen molar-refractivity contribution in [3.8, 4) is 11.8 Å². The van der Waals surface area contributed by atoms with Gasteiger partial charge in [-0.2, -0.15) is 5.26 Å². The van der Waals surface area contributed by atoms with E-state index in [0.29, 0.717) is 22.9 Å². The first-order valence-corrected chi connectivity index (χ1v) is 7.32. The summed E-state index contributed by atoms with van der Waals surface area (Å²) in [6.45, 7) is 2.30. The first kappa shape index (κ1) is 15.0. The number of aryl methyl sites for hydroxylation is 1. The van der Waals surface area contributed by atoms with E-state index in [4.69, 9.17) is 16.9 Å². The molecular weight excluding hydrogens is 312 g/mol. The highest BCUT2D eigenvalue weighted by Crippen LogP contribution is 2.19. The summed E-state index contributed by atoms with van der Waals surface area (Å²) in [4.78, 5) is 4.34. The Kier molecular flexibility index (Phi) is 4.22. The molecule has 1 N–H and O–H groups in total. The third-order valence-electron chi connectivity index (χ3n) is 3.17. The fourth-order valence-electron chi connectivity index (χ4n) is 2.14. The van der Waals surface area contributed by atoms with Crippen LogP contribution in [0, 0.1) is 18.3 Å². The molecular formula is C16H13ClN6. The molecule has 2 heterocycles. The van der Waals surface area contributed by atoms with Crippen LogP contribution in [0.2, 0.25) is 5.02 Å². The highest BCUT2D eigenvalue weighted by molar-refractivity contribution is 6.32. The van der Waals surface area contributed by atoms with E-state index in [9.17, 15) is 0 Å². The number of anilines is 1. The number of aromatic nitrogens is 4. The van der Waals surface area contributed by atoms with Gasteiger partial charge in [0.2, 0.25) is 0 Å². The maximum Gasteiger partial charge on any atom is 0.127 e. The fourth-order valence-corrected chi connectivity index (χ4v) is 2.36. The Morgan fingerprint density at radius 3 is 2.91 bits per heavy atom. The van der Waals surface area contributed by atoms with Crippen molar-refractivity contribution in [1.82, 2.24) is 20.0 Å². The summed E-state index contributed by atoms with van der Waals surface area (Å²) >= 11 is 6.15. The average molecular weight is 325 g/mol. The zero-order valence-corrected chi connectivity index (χ0v) is 13.1. The van der Waals surface area contributed by atoms with Gasteiger partial charge in [0.25, 0.3) is 0 Å². The van der Waals surface area contributed by atoms with Crippen molar-refractivity contribution < 1.29 is 0 Å². The topological polar surface area (TPSA) is 79.4 Å². The van der Waals surface area contributed by atoms with Crippen LogP contribution >= 0.6 is 11.6 Å². The normalized spacial score (nSPS) is 10.3. The van der Waals surface area contributed by atoms with Crippen LogP contribution < -0.4 is 5.32 Å². The van der Waals surface area contributed by atoms with Crippen molar-refractivity contribution in [3.05, 3.63) is 64.6 Å². The summed E-state index contributed by atoms with van der Waals surface area (Å²) in [5.74, 6) is 0.633. The Bertz CT molecular complexity index is 880. The number of nitrogens with zero attached hydrogens (tertiary/aromatic N) is 5. The minimum Gasteiger partial charge on any atom is -0.364 e. The summed E-state index contributed by atoms with van der Waals surface area (Å²) in [5.41, 5.74) is 2.87. The Labute approximate surface area is 138 Å². The van der Waals surface area contributed by atoms with Gasteiger partial charge >= 0.3 is 0 Å². The van der Waals surface area contributed by atoms with E-state index in [1.165, 1.54) is 0 Å². The first-order chi connectivity index (χ1) is 11.2. The first-order valence-electron chi connectivity index (χ1n) is 6.94. The van der Waals surface area contributed by atoms with Crippen LogP contribution in [-0.2, 0) is 6.54 Å². The van der Waals surface area contributed by atoms with Gasteiger partial charge in [0, 0.05) is 5.69 Å². The molecule has 0 saturated carbocycles. The van der Waals surface area contributed by atoms with Gasteiger partial charge in [0.1, 0.15) is 11.5 Å². The quantitative estimate of drug-likeness (QED) is 0.797. The Hall–Kier alpha value is -2.91. The van der Waals surface area contributed by atoms with Crippen LogP contribution in [-0.4, -0.2) is 20.0 Å². The maximum atomic E-state index is 8.98. The van der Waals surface area contributed by atoms with Crippen molar-refractivity contribution in [2.24, 2.45) is 0 Å². The largest absolute Gasteiger partial charge is 0.364 e. The van der Waals surface area contributed by atoms with Crippen LogP contribution in [0.4, 0.5) is 5.82 Å². The van der Waals surface area contributed by atoms with E-state index < -0.39 is 0 Å². The Morgan fingerprint density at radius 1 is 1.30 bits per heavy atom. The molecule has 0 spiro atoms. The second-order valence-electron chi connectivity index (χ2n) is 4.95. The Morgan fingerprint density at radius 2 is 2.13 bits per heavy atom. The molecule has 114 valence electrons. The summed E-state index contributed by atoms with van der Waals surface area (Å²) in [5, 5.41) is 20.9. The lowest BCUT2D eigenvalue weighted by Crippen LogP contribution is -2.03. The second kappa shape index (κ2) is 6.46. The molecule has 3 aromatic rings. The molecule has 0 atom stereocenters. The van der Waals surface area contributed by atoms with Crippen molar-refractivity contribution in [2.75, 3.05) is 5.32 Å². The SMILES string of the molecule is Cc1cc(C#N)cc(NCc2cn(-c3ccccc3Cl)nn2)n1. The van der Waals surface area contributed by atoms with E-state index in [1.54, 1.807) is 29.1 Å². The number of benzene rings is 1. The van der Waals surface area contributed by atoms with E-state index in [2.05, 4.69) is 26.7 Å². The molecule has 0 aliphatic carbocycles. The van der Waals surface area contributed by atoms with Crippen LogP contribution in [0.3, 0.4) is 0 Å². The van der Waals surface area contributed by atoms with Gasteiger partial charge < -0.3 is 5.32 Å². The molecule has 0 radical (unpaired) electrons. The lowest BCUT2D eigenvalue weighted by atomic mass is 10.2. The molecule has 0 fully saturated rings. The standard InChI is InChI=1S/C16H13ClN6/c1-11-6-12(8-18)7-16(20-11)19-9-13-10-23(22-21-13)15-5-3-2-4-14(15)17/h2-7,10H,9H2,1H3,(H,19,20). The van der Waals surface area contributed by atoms with E-state index in [-0.39, 0.29) is 0 Å². The molecule has 6 nitrogen and oxygen atoms in total. The molecule has 0 saturated heterocycles. The van der Waals surface area contributed by atoms with E-state index in [1.807, 2.05) is 25.1 Å². The van der Waals surface area contributed by atoms with Crippen molar-refractivity contribution in [3.63, 3.8) is 0 Å². The molecule has 1 aromatic carbocycles. The minimum absolute atomic E-state index is 0.450. The zero-order chi connectivity index (χ0) is 16.2. The van der Waals surface area contributed by atoms with Crippen LogP contribution in [0.25, 0.3) is 5.69 Å². The predicted molar refractivity (Wildman–Crippen MR) is 87.4 cm³/mol. The summed E-state index contributed by atoms with van der Waals surface area (Å²) in [6, 6.07) is 13.0. The smallest absolute Gasteiger partial charge is 0.127 e. The number of para-hydroxylation sites is 1. The fraction of sp³-hybridized carbons (Fsp3) is 0.125. The van der Waals surface area contributed by atoms with Crippen LogP contribution in [0.5, 0.6) is 0 Å². The third kappa shape index (κ3) is 3.47. The summed E-state index contributed by atoms with van der Waals surface area (Å²) in [7, 11) is 0. The van der Waals surface area contributed by atoms with Crippen molar-refractivity contribution in [2.45, 2.75) is 13.5 Å². The van der Waals surface area contributed by atoms with Gasteiger partial charge in [-0.1, -0.05) is 28.9 Å². The average Bonchev–Trinajstić information content (AvgIpc) is 3.01. The number of rotatable bonds is 4. The van der Waals surface area contributed by atoms with Gasteiger partial charge in [-0.05, 0) is 31.2 Å². The molecule has 2 aromatic heterocycles. The molecule has 7 heteroatoms. The maximum absolute atomic E-state index is 8.98. The predicted octanol–water partition coefficient (Wildman–Crippen LogP) is 3.11. The second-order valence-corrected chi connectivity index (χ2v) is 5.36. The van der Waals surface area contributed by atoms with Gasteiger partial charge in [0.05, 0.1) is 35.1 Å². The Balaban J connectivity index is 1.74. The lowest BCUT2D eigenvalue weighted by molar-refractivity contribution is 0.798. The third-order valence-corrected chi connectivity index (χ3v) is 3.49. The van der Waals surface area contributed by atoms with E-state index >= 15 is 0 Å². The number of hydrogen-bond donors (Lipinski definition) is 1. The molecule has 0 unspecified atom stereocenters. The number of pyridine rings is 1. The van der Waals surface area contributed by atoms with E-state index in [0.717, 1.165) is 17.1 Å². The van der Waals surface area contributed by atoms with Crippen molar-refractivity contribution in [1.29, 1.82) is 5.26 Å². The van der Waals surface area contributed by atoms with Crippen molar-refractivity contribution >= 4 is 17.4 Å². The molecule has 0 amide bonds. The highest BCUT2D eigenvalue weighted by Gasteiger charge is 2.06. The number of nitriles is 1. The molecule has 0 aliphatic heterocycles. The molecule has 23 heavy (non-hydrogen) atoms. The number of hydrogen-bond acceptors (Lipinski definition) is 5. The minimum atomic E-state index is 0.450. The molecule has 0 bridgehead atoms. The molecule has 0 aliphatic rings. The highest BCUT2D eigenvalue weighted by atomic mass is 35.5.